The lowest BCUT2D eigenvalue weighted by atomic mass is 10.0. The van der Waals surface area contributed by atoms with Crippen LogP contribution in [0.15, 0.2) is 60.8 Å². The van der Waals surface area contributed by atoms with Crippen LogP contribution < -0.4 is 5.73 Å². The molecule has 0 fully saturated rings. The van der Waals surface area contributed by atoms with Gasteiger partial charge in [0.05, 0.1) is 0 Å². The molecule has 1 aromatic heterocycles. The molecule has 0 amide bonds. The minimum atomic E-state index is 0.616. The SMILES string of the molecule is Nc1ncccc1Cc1ccc2ccccc2c1. The Balaban J connectivity index is 1.98. The number of nitrogens with two attached hydrogens (primary N) is 1. The highest BCUT2D eigenvalue weighted by atomic mass is 14.8. The molecule has 3 aromatic rings. The van der Waals surface area contributed by atoms with Crippen molar-refractivity contribution >= 4 is 16.6 Å². The first-order valence-corrected chi connectivity index (χ1v) is 6.00. The van der Waals surface area contributed by atoms with Crippen molar-refractivity contribution in [1.82, 2.24) is 4.98 Å². The van der Waals surface area contributed by atoms with E-state index < -0.39 is 0 Å². The summed E-state index contributed by atoms with van der Waals surface area (Å²) in [6.45, 7) is 0. The highest BCUT2D eigenvalue weighted by Gasteiger charge is 2.02. The van der Waals surface area contributed by atoms with Gasteiger partial charge >= 0.3 is 0 Å². The third-order valence-corrected chi connectivity index (χ3v) is 3.13. The van der Waals surface area contributed by atoms with Gasteiger partial charge in [-0.15, -0.1) is 0 Å². The van der Waals surface area contributed by atoms with E-state index in [1.165, 1.54) is 16.3 Å². The number of hydrogen-bond acceptors (Lipinski definition) is 2. The van der Waals surface area contributed by atoms with E-state index >= 15 is 0 Å². The predicted molar refractivity (Wildman–Crippen MR) is 75.4 cm³/mol. The van der Waals surface area contributed by atoms with Crippen LogP contribution in [-0.2, 0) is 6.42 Å². The summed E-state index contributed by atoms with van der Waals surface area (Å²) in [7, 11) is 0. The number of hydrogen-bond donors (Lipinski definition) is 1. The highest BCUT2D eigenvalue weighted by Crippen LogP contribution is 2.19. The summed E-state index contributed by atoms with van der Waals surface area (Å²) in [5, 5.41) is 2.53. The lowest BCUT2D eigenvalue weighted by molar-refractivity contribution is 1.16. The normalized spacial score (nSPS) is 10.7. The zero-order valence-electron chi connectivity index (χ0n) is 10.0. The molecule has 0 aliphatic carbocycles. The number of fused-ring (bicyclic) bond motifs is 1. The van der Waals surface area contributed by atoms with E-state index in [0.717, 1.165) is 12.0 Å². The molecule has 2 aromatic carbocycles. The summed E-state index contributed by atoms with van der Waals surface area (Å²) in [6, 6.07) is 18.8. The lowest BCUT2D eigenvalue weighted by Crippen LogP contribution is -1.97. The van der Waals surface area contributed by atoms with E-state index in [9.17, 15) is 0 Å². The number of benzene rings is 2. The molecule has 0 radical (unpaired) electrons. The molecule has 18 heavy (non-hydrogen) atoms. The molecule has 0 saturated heterocycles. The van der Waals surface area contributed by atoms with Crippen LogP contribution in [0.2, 0.25) is 0 Å². The van der Waals surface area contributed by atoms with Crippen LogP contribution in [0.3, 0.4) is 0 Å². The molecule has 2 N–H and O–H groups in total. The minimum absolute atomic E-state index is 0.616. The van der Waals surface area contributed by atoms with Crippen molar-refractivity contribution in [1.29, 1.82) is 0 Å². The van der Waals surface area contributed by atoms with Crippen molar-refractivity contribution in [2.24, 2.45) is 0 Å². The number of nitrogens with zero attached hydrogens (tertiary/aromatic N) is 1. The van der Waals surface area contributed by atoms with Crippen LogP contribution >= 0.6 is 0 Å². The van der Waals surface area contributed by atoms with Crippen LogP contribution in [0, 0.1) is 0 Å². The van der Waals surface area contributed by atoms with Gasteiger partial charge in [0, 0.05) is 12.6 Å². The van der Waals surface area contributed by atoms with Crippen LogP contribution in [-0.4, -0.2) is 4.98 Å². The molecule has 0 unspecified atom stereocenters. The Morgan fingerprint density at radius 1 is 0.889 bits per heavy atom. The fraction of sp³-hybridized carbons (Fsp3) is 0.0625. The number of nitrogen functional groups attached to an aromatic ring is 1. The third kappa shape index (κ3) is 2.05. The van der Waals surface area contributed by atoms with Crippen LogP contribution in [0.25, 0.3) is 10.8 Å². The van der Waals surface area contributed by atoms with E-state index in [0.29, 0.717) is 5.82 Å². The fourth-order valence-electron chi connectivity index (χ4n) is 2.17. The van der Waals surface area contributed by atoms with Crippen molar-refractivity contribution < 1.29 is 0 Å². The second kappa shape index (κ2) is 4.49. The Kier molecular flexibility index (Phi) is 2.69. The molecule has 0 aliphatic heterocycles. The van der Waals surface area contributed by atoms with E-state index in [-0.39, 0.29) is 0 Å². The zero-order valence-corrected chi connectivity index (χ0v) is 10.0. The monoisotopic (exact) mass is 234 g/mol. The predicted octanol–water partition coefficient (Wildman–Crippen LogP) is 3.41. The average molecular weight is 234 g/mol. The van der Waals surface area contributed by atoms with E-state index in [1.54, 1.807) is 6.20 Å². The van der Waals surface area contributed by atoms with Crippen LogP contribution in [0.4, 0.5) is 5.82 Å². The van der Waals surface area contributed by atoms with E-state index in [1.807, 2.05) is 12.1 Å². The minimum Gasteiger partial charge on any atom is -0.383 e. The molecule has 1 heterocycles. The molecular formula is C16H14N2. The first-order chi connectivity index (χ1) is 8.83. The molecule has 0 spiro atoms. The lowest BCUT2D eigenvalue weighted by Gasteiger charge is -2.06. The van der Waals surface area contributed by atoms with Gasteiger partial charge in [0.15, 0.2) is 0 Å². The van der Waals surface area contributed by atoms with Gasteiger partial charge in [0.25, 0.3) is 0 Å². The zero-order chi connectivity index (χ0) is 12.4. The second-order valence-corrected chi connectivity index (χ2v) is 4.41. The fourth-order valence-corrected chi connectivity index (χ4v) is 2.17. The maximum absolute atomic E-state index is 5.87. The molecule has 0 bridgehead atoms. The maximum Gasteiger partial charge on any atom is 0.126 e. The molecular weight excluding hydrogens is 220 g/mol. The van der Waals surface area contributed by atoms with Crippen molar-refractivity contribution in [3.05, 3.63) is 71.9 Å². The Labute approximate surface area is 106 Å². The number of pyridine rings is 1. The van der Waals surface area contributed by atoms with Gasteiger partial charge in [0.1, 0.15) is 5.82 Å². The third-order valence-electron chi connectivity index (χ3n) is 3.13. The maximum atomic E-state index is 5.87. The van der Waals surface area contributed by atoms with Crippen LogP contribution in [0.5, 0.6) is 0 Å². The van der Waals surface area contributed by atoms with Crippen molar-refractivity contribution in [3.8, 4) is 0 Å². The van der Waals surface area contributed by atoms with Crippen molar-refractivity contribution in [2.75, 3.05) is 5.73 Å². The van der Waals surface area contributed by atoms with Crippen molar-refractivity contribution in [2.45, 2.75) is 6.42 Å². The molecule has 2 heteroatoms. The first kappa shape index (κ1) is 10.8. The van der Waals surface area contributed by atoms with Gasteiger partial charge in [-0.2, -0.15) is 0 Å². The summed E-state index contributed by atoms with van der Waals surface area (Å²) in [5.74, 6) is 0.616. The topological polar surface area (TPSA) is 38.9 Å². The van der Waals surface area contributed by atoms with Crippen LogP contribution in [0.1, 0.15) is 11.1 Å². The second-order valence-electron chi connectivity index (χ2n) is 4.41. The number of rotatable bonds is 2. The van der Waals surface area contributed by atoms with Crippen molar-refractivity contribution in [3.63, 3.8) is 0 Å². The van der Waals surface area contributed by atoms with Gasteiger partial charge in [0.2, 0.25) is 0 Å². The van der Waals surface area contributed by atoms with Gasteiger partial charge in [-0.25, -0.2) is 4.98 Å². The highest BCUT2D eigenvalue weighted by molar-refractivity contribution is 5.83. The largest absolute Gasteiger partial charge is 0.383 e. The summed E-state index contributed by atoms with van der Waals surface area (Å²) < 4.78 is 0. The van der Waals surface area contributed by atoms with Gasteiger partial charge < -0.3 is 5.73 Å². The first-order valence-electron chi connectivity index (χ1n) is 6.00. The summed E-state index contributed by atoms with van der Waals surface area (Å²) >= 11 is 0. The summed E-state index contributed by atoms with van der Waals surface area (Å²) in [4.78, 5) is 4.12. The average Bonchev–Trinajstić information content (AvgIpc) is 2.41. The smallest absolute Gasteiger partial charge is 0.126 e. The molecule has 3 rings (SSSR count). The Morgan fingerprint density at radius 2 is 1.72 bits per heavy atom. The number of aromatic nitrogens is 1. The summed E-state index contributed by atoms with van der Waals surface area (Å²) in [6.07, 6.45) is 2.55. The number of anilines is 1. The molecule has 2 nitrogen and oxygen atoms in total. The van der Waals surface area contributed by atoms with E-state index in [2.05, 4.69) is 47.4 Å². The Bertz CT molecular complexity index is 689. The van der Waals surface area contributed by atoms with E-state index in [4.69, 9.17) is 5.73 Å². The Hall–Kier alpha value is -2.35. The Morgan fingerprint density at radius 3 is 2.56 bits per heavy atom. The standard InChI is InChI=1S/C16H14N2/c17-16-15(6-3-9-18-16)11-12-7-8-13-4-1-2-5-14(13)10-12/h1-10H,11H2,(H2,17,18). The van der Waals surface area contributed by atoms with Gasteiger partial charge in [-0.3, -0.25) is 0 Å². The molecule has 0 aliphatic rings. The molecule has 0 saturated carbocycles. The molecule has 88 valence electrons. The van der Waals surface area contributed by atoms with Gasteiger partial charge in [-0.1, -0.05) is 48.5 Å². The summed E-state index contributed by atoms with van der Waals surface area (Å²) in [5.41, 5.74) is 8.20. The molecule has 0 atom stereocenters. The quantitative estimate of drug-likeness (QED) is 0.738. The van der Waals surface area contributed by atoms with Gasteiger partial charge in [-0.05, 0) is 28.0 Å².